The van der Waals surface area contributed by atoms with Crippen LogP contribution in [0.2, 0.25) is 0 Å². The van der Waals surface area contributed by atoms with Crippen molar-refractivity contribution in [1.82, 2.24) is 0 Å². The highest BCUT2D eigenvalue weighted by molar-refractivity contribution is 8.02. The van der Waals surface area contributed by atoms with E-state index in [0.717, 1.165) is 74.9 Å². The SMILES string of the molecule is CCCCCCCCCCCCSc1c(F)c(C(=O)O)c(C(=O)O)c(F)c1SCCCCCCCCCCCC. The van der Waals surface area contributed by atoms with Crippen molar-refractivity contribution in [1.29, 1.82) is 0 Å². The van der Waals surface area contributed by atoms with Gasteiger partial charge in [-0.25, -0.2) is 18.4 Å². The standard InChI is InChI=1S/C32H52F2O4S2/c1-3-5-7-9-11-13-15-17-19-21-23-39-29-27(33)25(31(35)36)26(32(37)38)28(34)30(29)40-24-22-20-18-16-14-12-10-8-6-4-2/h3-24H2,1-2H3,(H,35,36)(H,37,38). The van der Waals surface area contributed by atoms with Crippen molar-refractivity contribution in [2.24, 2.45) is 0 Å². The molecular formula is C32H52F2O4S2. The highest BCUT2D eigenvalue weighted by Crippen LogP contribution is 2.40. The summed E-state index contributed by atoms with van der Waals surface area (Å²) in [6, 6.07) is 0. The zero-order chi connectivity index (χ0) is 29.6. The first kappa shape index (κ1) is 36.7. The molecule has 4 nitrogen and oxygen atoms in total. The van der Waals surface area contributed by atoms with E-state index in [4.69, 9.17) is 0 Å². The lowest BCUT2D eigenvalue weighted by Crippen LogP contribution is -2.16. The Morgan fingerprint density at radius 2 is 0.750 bits per heavy atom. The molecule has 0 fully saturated rings. The molecule has 0 atom stereocenters. The monoisotopic (exact) mass is 602 g/mol. The quantitative estimate of drug-likeness (QED) is 0.0811. The van der Waals surface area contributed by atoms with E-state index in [1.807, 2.05) is 0 Å². The van der Waals surface area contributed by atoms with Crippen LogP contribution in [0.25, 0.3) is 0 Å². The number of carbonyl (C=O) groups is 2. The van der Waals surface area contributed by atoms with Gasteiger partial charge in [-0.15, -0.1) is 23.5 Å². The lowest BCUT2D eigenvalue weighted by Gasteiger charge is -2.16. The van der Waals surface area contributed by atoms with Crippen LogP contribution in [-0.4, -0.2) is 33.7 Å². The smallest absolute Gasteiger partial charge is 0.339 e. The molecule has 0 saturated carbocycles. The van der Waals surface area contributed by atoms with E-state index in [1.165, 1.54) is 77.0 Å². The van der Waals surface area contributed by atoms with Crippen molar-refractivity contribution < 1.29 is 28.6 Å². The second-order valence-corrected chi connectivity index (χ2v) is 12.9. The Bertz CT molecular complexity index is 795. The number of rotatable bonds is 26. The van der Waals surface area contributed by atoms with Crippen molar-refractivity contribution in [2.45, 2.75) is 152 Å². The van der Waals surface area contributed by atoms with E-state index in [-0.39, 0.29) is 9.79 Å². The minimum absolute atomic E-state index is 0.0621. The van der Waals surface area contributed by atoms with Crippen LogP contribution in [0.4, 0.5) is 8.78 Å². The Morgan fingerprint density at radius 1 is 0.500 bits per heavy atom. The normalized spacial score (nSPS) is 11.3. The van der Waals surface area contributed by atoms with E-state index in [1.54, 1.807) is 0 Å². The van der Waals surface area contributed by atoms with Crippen molar-refractivity contribution in [3.05, 3.63) is 22.8 Å². The molecule has 0 aliphatic heterocycles. The lowest BCUT2D eigenvalue weighted by atomic mass is 10.1. The molecule has 2 N–H and O–H groups in total. The van der Waals surface area contributed by atoms with Gasteiger partial charge in [0, 0.05) is 0 Å². The molecule has 0 bridgehead atoms. The van der Waals surface area contributed by atoms with Gasteiger partial charge in [0.25, 0.3) is 0 Å². The van der Waals surface area contributed by atoms with E-state index >= 15 is 8.78 Å². The summed E-state index contributed by atoms with van der Waals surface area (Å²) in [5, 5.41) is 19.0. The van der Waals surface area contributed by atoms with E-state index < -0.39 is 34.7 Å². The Labute approximate surface area is 249 Å². The highest BCUT2D eigenvalue weighted by Gasteiger charge is 2.32. The Morgan fingerprint density at radius 3 is 1.00 bits per heavy atom. The fraction of sp³-hybridized carbons (Fsp3) is 0.750. The Hall–Kier alpha value is -1.28. The largest absolute Gasteiger partial charge is 0.478 e. The third-order valence-electron chi connectivity index (χ3n) is 7.21. The molecule has 40 heavy (non-hydrogen) atoms. The molecule has 1 rings (SSSR count). The number of halogens is 2. The highest BCUT2D eigenvalue weighted by atomic mass is 32.2. The van der Waals surface area contributed by atoms with Crippen LogP contribution >= 0.6 is 23.5 Å². The van der Waals surface area contributed by atoms with Gasteiger partial charge in [0.2, 0.25) is 0 Å². The fourth-order valence-corrected chi connectivity index (χ4v) is 7.19. The molecule has 8 heteroatoms. The minimum atomic E-state index is -1.76. The van der Waals surface area contributed by atoms with Crippen molar-refractivity contribution in [3.63, 3.8) is 0 Å². The Kier molecular flexibility index (Phi) is 21.4. The number of unbranched alkanes of at least 4 members (excludes halogenated alkanes) is 18. The van der Waals surface area contributed by atoms with Crippen LogP contribution in [0.15, 0.2) is 9.79 Å². The summed E-state index contributed by atoms with van der Waals surface area (Å²) in [6.07, 6.45) is 23.3. The second kappa shape index (κ2) is 23.3. The van der Waals surface area contributed by atoms with Gasteiger partial charge in [-0.05, 0) is 24.3 Å². The van der Waals surface area contributed by atoms with Crippen LogP contribution in [-0.2, 0) is 0 Å². The number of hydrogen-bond acceptors (Lipinski definition) is 4. The molecule has 0 spiro atoms. The van der Waals surface area contributed by atoms with Crippen LogP contribution in [0.5, 0.6) is 0 Å². The Balaban J connectivity index is 2.65. The van der Waals surface area contributed by atoms with Crippen molar-refractivity contribution in [3.8, 4) is 0 Å². The maximum atomic E-state index is 15.4. The molecule has 1 aromatic carbocycles. The molecule has 0 radical (unpaired) electrons. The zero-order valence-corrected chi connectivity index (χ0v) is 26.5. The van der Waals surface area contributed by atoms with Gasteiger partial charge in [-0.2, -0.15) is 0 Å². The molecule has 0 saturated heterocycles. The summed E-state index contributed by atoms with van der Waals surface area (Å²) in [5.41, 5.74) is -2.17. The summed E-state index contributed by atoms with van der Waals surface area (Å²) in [4.78, 5) is 23.3. The van der Waals surface area contributed by atoms with Crippen molar-refractivity contribution in [2.75, 3.05) is 11.5 Å². The molecule has 0 aliphatic rings. The zero-order valence-electron chi connectivity index (χ0n) is 24.8. The summed E-state index contributed by atoms with van der Waals surface area (Å²) in [5.74, 6) is -4.72. The molecule has 0 aliphatic carbocycles. The molecule has 0 heterocycles. The number of aromatic carboxylic acids is 2. The first-order chi connectivity index (χ1) is 19.4. The summed E-state index contributed by atoms with van der Waals surface area (Å²) in [6.45, 7) is 4.42. The first-order valence-corrected chi connectivity index (χ1v) is 17.6. The third-order valence-corrected chi connectivity index (χ3v) is 9.67. The number of carboxylic acids is 2. The predicted molar refractivity (Wildman–Crippen MR) is 165 cm³/mol. The van der Waals surface area contributed by atoms with Gasteiger partial charge in [-0.1, -0.05) is 129 Å². The van der Waals surface area contributed by atoms with Gasteiger partial charge < -0.3 is 10.2 Å². The number of hydrogen-bond donors (Lipinski definition) is 2. The lowest BCUT2D eigenvalue weighted by molar-refractivity contribution is 0.0640. The average molecular weight is 603 g/mol. The number of thioether (sulfide) groups is 2. The minimum Gasteiger partial charge on any atom is -0.478 e. The molecule has 0 aromatic heterocycles. The number of carboxylic acid groups (broad SMARTS) is 2. The van der Waals surface area contributed by atoms with Gasteiger partial charge >= 0.3 is 11.9 Å². The number of benzene rings is 1. The van der Waals surface area contributed by atoms with Crippen LogP contribution in [0, 0.1) is 11.6 Å². The fourth-order valence-electron chi connectivity index (χ4n) is 4.83. The van der Waals surface area contributed by atoms with Gasteiger partial charge in [0.15, 0.2) is 11.6 Å². The van der Waals surface area contributed by atoms with E-state index in [0.29, 0.717) is 11.5 Å². The average Bonchev–Trinajstić information content (AvgIpc) is 2.92. The topological polar surface area (TPSA) is 74.6 Å². The summed E-state index contributed by atoms with van der Waals surface area (Å²) >= 11 is 2.22. The maximum absolute atomic E-state index is 15.4. The van der Waals surface area contributed by atoms with E-state index in [2.05, 4.69) is 13.8 Å². The first-order valence-electron chi connectivity index (χ1n) is 15.6. The summed E-state index contributed by atoms with van der Waals surface area (Å²) in [7, 11) is 0. The van der Waals surface area contributed by atoms with Crippen LogP contribution in [0.1, 0.15) is 163 Å². The van der Waals surface area contributed by atoms with Gasteiger partial charge in [0.1, 0.15) is 11.1 Å². The van der Waals surface area contributed by atoms with Gasteiger partial charge in [0.05, 0.1) is 9.79 Å². The van der Waals surface area contributed by atoms with Crippen molar-refractivity contribution >= 4 is 35.5 Å². The molecule has 1 aromatic rings. The van der Waals surface area contributed by atoms with Crippen LogP contribution < -0.4 is 0 Å². The second-order valence-electron chi connectivity index (χ2n) is 10.7. The third kappa shape index (κ3) is 14.6. The molecule has 0 unspecified atom stereocenters. The maximum Gasteiger partial charge on any atom is 0.339 e. The molecular weight excluding hydrogens is 550 g/mol. The molecule has 230 valence electrons. The van der Waals surface area contributed by atoms with Crippen LogP contribution in [0.3, 0.4) is 0 Å². The molecule has 0 amide bonds. The van der Waals surface area contributed by atoms with Gasteiger partial charge in [-0.3, -0.25) is 0 Å². The predicted octanol–water partition coefficient (Wildman–Crippen LogP) is 11.4. The van der Waals surface area contributed by atoms with E-state index in [9.17, 15) is 19.8 Å². The summed E-state index contributed by atoms with van der Waals surface area (Å²) < 4.78 is 30.7.